The summed E-state index contributed by atoms with van der Waals surface area (Å²) < 4.78 is 0. The number of likely N-dealkylation sites (N-methyl/N-ethyl adjacent to an activating group) is 1. The van der Waals surface area contributed by atoms with Gasteiger partial charge in [-0.2, -0.15) is 0 Å². The number of rotatable bonds is 9. The minimum absolute atomic E-state index is 1.03. The Labute approximate surface area is 107 Å². The molecule has 0 unspecified atom stereocenters. The van der Waals surface area contributed by atoms with Gasteiger partial charge in [0, 0.05) is 6.54 Å². The molecule has 0 fully saturated rings. The lowest BCUT2D eigenvalue weighted by Gasteiger charge is -2.02. The average molecular weight is 233 g/mol. The normalized spacial score (nSPS) is 13.2. The number of nitrogens with zero attached hydrogens (tertiary/aromatic N) is 1. The van der Waals surface area contributed by atoms with Crippen LogP contribution >= 0.6 is 0 Å². The monoisotopic (exact) mass is 233 g/mol. The van der Waals surface area contributed by atoms with E-state index in [1.807, 2.05) is 0 Å². The third kappa shape index (κ3) is 14.9. The first-order valence-corrected chi connectivity index (χ1v) is 6.52. The minimum atomic E-state index is 1.03. The van der Waals surface area contributed by atoms with Gasteiger partial charge in [-0.25, -0.2) is 0 Å². The summed E-state index contributed by atoms with van der Waals surface area (Å²) in [6.07, 6.45) is 22.0. The SMILES string of the molecule is CC/C=C\C/C=C\C/C=C\C/C=C\CN(C)C. The Hall–Kier alpha value is -1.08. The van der Waals surface area contributed by atoms with Gasteiger partial charge in [0.05, 0.1) is 0 Å². The van der Waals surface area contributed by atoms with E-state index in [0.717, 1.165) is 32.2 Å². The topological polar surface area (TPSA) is 3.24 Å². The first-order valence-electron chi connectivity index (χ1n) is 6.52. The minimum Gasteiger partial charge on any atom is -0.306 e. The Balaban J connectivity index is 3.42. The molecule has 0 aliphatic heterocycles. The summed E-state index contributed by atoms with van der Waals surface area (Å²) in [6.45, 7) is 3.18. The molecule has 0 spiro atoms. The van der Waals surface area contributed by atoms with E-state index in [0.29, 0.717) is 0 Å². The molecule has 0 aromatic rings. The smallest absolute Gasteiger partial charge is 0.0157 e. The molecule has 0 amide bonds. The van der Waals surface area contributed by atoms with Crippen LogP contribution in [0, 0.1) is 0 Å². The van der Waals surface area contributed by atoms with Gasteiger partial charge in [0.15, 0.2) is 0 Å². The highest BCUT2D eigenvalue weighted by Crippen LogP contribution is 1.94. The zero-order valence-electron chi connectivity index (χ0n) is 11.6. The van der Waals surface area contributed by atoms with Crippen molar-refractivity contribution in [1.82, 2.24) is 4.90 Å². The van der Waals surface area contributed by atoms with Crippen molar-refractivity contribution >= 4 is 0 Å². The summed E-state index contributed by atoms with van der Waals surface area (Å²) in [6, 6.07) is 0. The highest BCUT2D eigenvalue weighted by molar-refractivity contribution is 4.99. The second-order valence-corrected chi connectivity index (χ2v) is 4.26. The van der Waals surface area contributed by atoms with Crippen LogP contribution in [0.1, 0.15) is 32.6 Å². The zero-order chi connectivity index (χ0) is 12.8. The molecule has 0 N–H and O–H groups in total. The molecular weight excluding hydrogens is 206 g/mol. The molecule has 0 saturated carbocycles. The van der Waals surface area contributed by atoms with Crippen molar-refractivity contribution in [3.63, 3.8) is 0 Å². The molecular formula is C16H27N. The molecule has 0 aromatic carbocycles. The van der Waals surface area contributed by atoms with Crippen molar-refractivity contribution in [2.24, 2.45) is 0 Å². The fourth-order valence-corrected chi connectivity index (χ4v) is 1.27. The Bertz CT molecular complexity index is 257. The lowest BCUT2D eigenvalue weighted by atomic mass is 10.2. The van der Waals surface area contributed by atoms with Crippen LogP contribution in [-0.4, -0.2) is 25.5 Å². The van der Waals surface area contributed by atoms with E-state index in [9.17, 15) is 0 Å². The molecule has 1 nitrogen and oxygen atoms in total. The summed E-state index contributed by atoms with van der Waals surface area (Å²) in [5.74, 6) is 0. The van der Waals surface area contributed by atoms with Gasteiger partial charge < -0.3 is 4.90 Å². The van der Waals surface area contributed by atoms with Crippen LogP contribution in [0.25, 0.3) is 0 Å². The van der Waals surface area contributed by atoms with Crippen molar-refractivity contribution in [2.75, 3.05) is 20.6 Å². The van der Waals surface area contributed by atoms with Crippen molar-refractivity contribution in [3.8, 4) is 0 Å². The van der Waals surface area contributed by atoms with Crippen molar-refractivity contribution in [3.05, 3.63) is 48.6 Å². The second-order valence-electron chi connectivity index (χ2n) is 4.26. The molecule has 0 bridgehead atoms. The fourth-order valence-electron chi connectivity index (χ4n) is 1.27. The number of hydrogen-bond acceptors (Lipinski definition) is 1. The Morgan fingerprint density at radius 1 is 0.647 bits per heavy atom. The van der Waals surface area contributed by atoms with Crippen LogP contribution < -0.4 is 0 Å². The van der Waals surface area contributed by atoms with Gasteiger partial charge in [0.1, 0.15) is 0 Å². The molecule has 0 aliphatic carbocycles. The third-order valence-electron chi connectivity index (χ3n) is 2.19. The number of hydrogen-bond donors (Lipinski definition) is 0. The predicted molar refractivity (Wildman–Crippen MR) is 79.3 cm³/mol. The summed E-state index contributed by atoms with van der Waals surface area (Å²) in [5, 5.41) is 0. The van der Waals surface area contributed by atoms with Gasteiger partial charge in [-0.1, -0.05) is 55.5 Å². The van der Waals surface area contributed by atoms with Crippen LogP contribution in [0.2, 0.25) is 0 Å². The molecule has 0 heterocycles. The molecule has 0 radical (unpaired) electrons. The van der Waals surface area contributed by atoms with Gasteiger partial charge in [-0.15, -0.1) is 0 Å². The Kier molecular flexibility index (Phi) is 12.2. The van der Waals surface area contributed by atoms with E-state index in [2.05, 4.69) is 74.5 Å². The van der Waals surface area contributed by atoms with E-state index < -0.39 is 0 Å². The first kappa shape index (κ1) is 15.9. The third-order valence-corrected chi connectivity index (χ3v) is 2.19. The van der Waals surface area contributed by atoms with E-state index >= 15 is 0 Å². The number of allylic oxidation sites excluding steroid dienone is 7. The van der Waals surface area contributed by atoms with Crippen LogP contribution in [0.15, 0.2) is 48.6 Å². The maximum atomic E-state index is 2.22. The predicted octanol–water partition coefficient (Wildman–Crippen LogP) is 4.35. The van der Waals surface area contributed by atoms with E-state index in [1.165, 1.54) is 0 Å². The van der Waals surface area contributed by atoms with Crippen LogP contribution in [0.3, 0.4) is 0 Å². The fraction of sp³-hybridized carbons (Fsp3) is 0.500. The quantitative estimate of drug-likeness (QED) is 0.535. The van der Waals surface area contributed by atoms with Gasteiger partial charge in [-0.05, 0) is 39.8 Å². The van der Waals surface area contributed by atoms with Gasteiger partial charge in [0.2, 0.25) is 0 Å². The maximum absolute atomic E-state index is 2.22. The lowest BCUT2D eigenvalue weighted by Crippen LogP contribution is -2.10. The van der Waals surface area contributed by atoms with Crippen LogP contribution in [0.4, 0.5) is 0 Å². The summed E-state index contributed by atoms with van der Waals surface area (Å²) in [7, 11) is 4.16. The van der Waals surface area contributed by atoms with Gasteiger partial charge >= 0.3 is 0 Å². The molecule has 0 rings (SSSR count). The second kappa shape index (κ2) is 13.0. The van der Waals surface area contributed by atoms with Gasteiger partial charge in [0.25, 0.3) is 0 Å². The zero-order valence-corrected chi connectivity index (χ0v) is 11.6. The average Bonchev–Trinajstić information content (AvgIpc) is 2.30. The molecule has 17 heavy (non-hydrogen) atoms. The van der Waals surface area contributed by atoms with E-state index in [-0.39, 0.29) is 0 Å². The van der Waals surface area contributed by atoms with Crippen molar-refractivity contribution in [2.45, 2.75) is 32.6 Å². The molecule has 0 aromatic heterocycles. The van der Waals surface area contributed by atoms with E-state index in [4.69, 9.17) is 0 Å². The highest BCUT2D eigenvalue weighted by Gasteiger charge is 1.80. The highest BCUT2D eigenvalue weighted by atomic mass is 15.0. The molecule has 0 saturated heterocycles. The van der Waals surface area contributed by atoms with Crippen LogP contribution in [-0.2, 0) is 0 Å². The maximum Gasteiger partial charge on any atom is 0.0157 e. The Morgan fingerprint density at radius 2 is 1.06 bits per heavy atom. The molecule has 1 heteroatoms. The standard InChI is InChI=1S/C16H27N/c1-4-5-6-7-8-9-10-11-12-13-14-15-16-17(2)3/h5-6,8-9,11-12,14-15H,4,7,10,13,16H2,1-3H3/b6-5-,9-8-,12-11-,15-14-. The van der Waals surface area contributed by atoms with Gasteiger partial charge in [-0.3, -0.25) is 0 Å². The first-order chi connectivity index (χ1) is 8.27. The molecule has 0 atom stereocenters. The Morgan fingerprint density at radius 3 is 1.47 bits per heavy atom. The van der Waals surface area contributed by atoms with Crippen LogP contribution in [0.5, 0.6) is 0 Å². The summed E-state index contributed by atoms with van der Waals surface area (Å²) in [5.41, 5.74) is 0. The van der Waals surface area contributed by atoms with E-state index in [1.54, 1.807) is 0 Å². The van der Waals surface area contributed by atoms with Crippen molar-refractivity contribution in [1.29, 1.82) is 0 Å². The summed E-state index contributed by atoms with van der Waals surface area (Å²) >= 11 is 0. The lowest BCUT2D eigenvalue weighted by molar-refractivity contribution is 0.456. The molecule has 96 valence electrons. The molecule has 0 aliphatic rings. The summed E-state index contributed by atoms with van der Waals surface area (Å²) in [4.78, 5) is 2.16. The van der Waals surface area contributed by atoms with Crippen molar-refractivity contribution < 1.29 is 0 Å². The largest absolute Gasteiger partial charge is 0.306 e.